The molecule has 1 aliphatic rings. The van der Waals surface area contributed by atoms with Gasteiger partial charge in [0.25, 0.3) is 0 Å². The van der Waals surface area contributed by atoms with E-state index < -0.39 is 0 Å². The second-order valence-corrected chi connectivity index (χ2v) is 5.80. The van der Waals surface area contributed by atoms with Crippen LogP contribution in [-0.2, 0) is 0 Å². The van der Waals surface area contributed by atoms with Crippen LogP contribution in [0.4, 0.5) is 0 Å². The normalized spacial score (nSPS) is 14.8. The summed E-state index contributed by atoms with van der Waals surface area (Å²) in [5, 5.41) is 10.0. The maximum absolute atomic E-state index is 10.0. The van der Waals surface area contributed by atoms with Crippen LogP contribution in [0.15, 0.2) is 42.5 Å². The molecule has 2 aromatic carbocycles. The van der Waals surface area contributed by atoms with Gasteiger partial charge in [0.15, 0.2) is 0 Å². The van der Waals surface area contributed by atoms with Crippen LogP contribution < -0.4 is 9.47 Å². The minimum absolute atomic E-state index is 0.244. The van der Waals surface area contributed by atoms with E-state index in [2.05, 4.69) is 4.90 Å². The number of ether oxygens (including phenoxy) is 2. The first-order valence-electron chi connectivity index (χ1n) is 8.09. The maximum atomic E-state index is 10.0. The number of hydrogen-bond donors (Lipinski definition) is 1. The predicted octanol–water partition coefficient (Wildman–Crippen LogP) is 3.54. The van der Waals surface area contributed by atoms with Crippen LogP contribution in [0.1, 0.15) is 12.8 Å². The summed E-state index contributed by atoms with van der Waals surface area (Å²) in [4.78, 5) is 2.43. The van der Waals surface area contributed by atoms with Crippen molar-refractivity contribution in [1.82, 2.24) is 4.90 Å². The first-order valence-corrected chi connectivity index (χ1v) is 8.09. The van der Waals surface area contributed by atoms with Crippen LogP contribution in [0.2, 0.25) is 0 Å². The van der Waals surface area contributed by atoms with Crippen molar-refractivity contribution in [3.05, 3.63) is 42.5 Å². The molecule has 4 heteroatoms. The molecule has 4 nitrogen and oxygen atoms in total. The van der Waals surface area contributed by atoms with Gasteiger partial charge >= 0.3 is 0 Å². The van der Waals surface area contributed by atoms with Crippen molar-refractivity contribution in [3.63, 3.8) is 0 Å². The number of methoxy groups -OCH3 is 1. The average molecular weight is 313 g/mol. The summed E-state index contributed by atoms with van der Waals surface area (Å²) in [6.07, 6.45) is 2.61. The van der Waals surface area contributed by atoms with Crippen LogP contribution in [0.3, 0.4) is 0 Å². The van der Waals surface area contributed by atoms with E-state index in [0.29, 0.717) is 6.61 Å². The van der Waals surface area contributed by atoms with Gasteiger partial charge in [0.05, 0.1) is 7.11 Å². The van der Waals surface area contributed by atoms with Crippen molar-refractivity contribution in [2.24, 2.45) is 0 Å². The van der Waals surface area contributed by atoms with Gasteiger partial charge in [-0.1, -0.05) is 12.1 Å². The summed E-state index contributed by atoms with van der Waals surface area (Å²) in [5.74, 6) is 1.83. The van der Waals surface area contributed by atoms with E-state index in [1.807, 2.05) is 30.3 Å². The van der Waals surface area contributed by atoms with Gasteiger partial charge in [0.2, 0.25) is 0 Å². The summed E-state index contributed by atoms with van der Waals surface area (Å²) in [5.41, 5.74) is 1.70. The molecule has 0 spiro atoms. The van der Waals surface area contributed by atoms with E-state index in [0.717, 1.165) is 29.2 Å². The Morgan fingerprint density at radius 1 is 1.00 bits per heavy atom. The lowest BCUT2D eigenvalue weighted by Crippen LogP contribution is -2.25. The second kappa shape index (κ2) is 7.38. The molecule has 1 fully saturated rings. The molecule has 0 aromatic heterocycles. The van der Waals surface area contributed by atoms with Crippen molar-refractivity contribution >= 4 is 0 Å². The predicted molar refractivity (Wildman–Crippen MR) is 91.3 cm³/mol. The SMILES string of the molecule is COc1ccc(O)c(-c2ccc(OCCN3CCCC3)cc2)c1. The van der Waals surface area contributed by atoms with Crippen molar-refractivity contribution in [2.45, 2.75) is 12.8 Å². The molecule has 122 valence electrons. The standard InChI is InChI=1S/C19H23NO3/c1-22-17-8-9-19(21)18(14-17)15-4-6-16(7-5-15)23-13-12-20-10-2-3-11-20/h4-9,14,21H,2-3,10-13H2,1H3. The van der Waals surface area contributed by atoms with E-state index in [-0.39, 0.29) is 5.75 Å². The molecule has 0 saturated carbocycles. The van der Waals surface area contributed by atoms with Crippen LogP contribution in [0.5, 0.6) is 17.2 Å². The fraction of sp³-hybridized carbons (Fsp3) is 0.368. The molecule has 1 aliphatic heterocycles. The molecule has 23 heavy (non-hydrogen) atoms. The Kier molecular flexibility index (Phi) is 5.03. The lowest BCUT2D eigenvalue weighted by atomic mass is 10.0. The lowest BCUT2D eigenvalue weighted by Gasteiger charge is -2.15. The van der Waals surface area contributed by atoms with Gasteiger partial charge in [0.1, 0.15) is 23.9 Å². The van der Waals surface area contributed by atoms with Gasteiger partial charge in [0, 0.05) is 12.1 Å². The Hall–Kier alpha value is -2.20. The third-order valence-electron chi connectivity index (χ3n) is 4.24. The average Bonchev–Trinajstić information content (AvgIpc) is 3.10. The van der Waals surface area contributed by atoms with Crippen molar-refractivity contribution in [1.29, 1.82) is 0 Å². The number of nitrogens with zero attached hydrogens (tertiary/aromatic N) is 1. The summed E-state index contributed by atoms with van der Waals surface area (Å²) in [6.45, 7) is 4.08. The van der Waals surface area contributed by atoms with Crippen LogP contribution in [0.25, 0.3) is 11.1 Å². The Labute approximate surface area is 137 Å². The molecule has 3 rings (SSSR count). The highest BCUT2D eigenvalue weighted by Crippen LogP contribution is 2.33. The monoisotopic (exact) mass is 313 g/mol. The molecule has 1 heterocycles. The van der Waals surface area contributed by atoms with E-state index in [9.17, 15) is 5.11 Å². The third kappa shape index (κ3) is 3.96. The van der Waals surface area contributed by atoms with Crippen LogP contribution in [-0.4, -0.2) is 43.4 Å². The van der Waals surface area contributed by atoms with Crippen LogP contribution >= 0.6 is 0 Å². The topological polar surface area (TPSA) is 41.9 Å². The Morgan fingerprint density at radius 2 is 1.70 bits per heavy atom. The number of aromatic hydroxyl groups is 1. The second-order valence-electron chi connectivity index (χ2n) is 5.80. The molecule has 0 aliphatic carbocycles. The Balaban J connectivity index is 1.62. The summed E-state index contributed by atoms with van der Waals surface area (Å²) < 4.78 is 11.0. The highest BCUT2D eigenvalue weighted by atomic mass is 16.5. The van der Waals surface area contributed by atoms with Crippen molar-refractivity contribution < 1.29 is 14.6 Å². The molecule has 0 amide bonds. The van der Waals surface area contributed by atoms with Crippen molar-refractivity contribution in [2.75, 3.05) is 33.4 Å². The molecule has 0 atom stereocenters. The largest absolute Gasteiger partial charge is 0.507 e. The molecular formula is C19H23NO3. The summed E-state index contributed by atoms with van der Waals surface area (Å²) in [7, 11) is 1.62. The molecule has 0 unspecified atom stereocenters. The molecule has 0 bridgehead atoms. The molecular weight excluding hydrogens is 290 g/mol. The molecule has 2 aromatic rings. The zero-order valence-electron chi connectivity index (χ0n) is 13.5. The lowest BCUT2D eigenvalue weighted by molar-refractivity contribution is 0.238. The number of benzene rings is 2. The Bertz CT molecular complexity index is 634. The quantitative estimate of drug-likeness (QED) is 0.885. The van der Waals surface area contributed by atoms with Gasteiger partial charge in [-0.25, -0.2) is 0 Å². The zero-order valence-corrected chi connectivity index (χ0v) is 13.5. The first-order chi connectivity index (χ1) is 11.3. The number of phenols is 1. The number of hydrogen-bond acceptors (Lipinski definition) is 4. The number of rotatable bonds is 6. The van der Waals surface area contributed by atoms with E-state index in [1.165, 1.54) is 25.9 Å². The highest BCUT2D eigenvalue weighted by Gasteiger charge is 2.11. The van der Waals surface area contributed by atoms with Gasteiger partial charge in [-0.3, -0.25) is 4.90 Å². The Morgan fingerprint density at radius 3 is 2.39 bits per heavy atom. The third-order valence-corrected chi connectivity index (χ3v) is 4.24. The van der Waals surface area contributed by atoms with Gasteiger partial charge in [-0.15, -0.1) is 0 Å². The van der Waals surface area contributed by atoms with Crippen molar-refractivity contribution in [3.8, 4) is 28.4 Å². The van der Waals surface area contributed by atoms with Crippen LogP contribution in [0, 0.1) is 0 Å². The zero-order chi connectivity index (χ0) is 16.1. The van der Waals surface area contributed by atoms with E-state index in [1.54, 1.807) is 19.2 Å². The smallest absolute Gasteiger partial charge is 0.123 e. The molecule has 1 saturated heterocycles. The minimum Gasteiger partial charge on any atom is -0.507 e. The number of likely N-dealkylation sites (tertiary alicyclic amines) is 1. The minimum atomic E-state index is 0.244. The maximum Gasteiger partial charge on any atom is 0.123 e. The van der Waals surface area contributed by atoms with Gasteiger partial charge < -0.3 is 14.6 Å². The molecule has 0 radical (unpaired) electrons. The fourth-order valence-corrected chi connectivity index (χ4v) is 2.90. The first kappa shape index (κ1) is 15.7. The number of phenolic OH excluding ortho intramolecular Hbond substituents is 1. The van der Waals surface area contributed by atoms with Gasteiger partial charge in [-0.05, 0) is 61.8 Å². The fourth-order valence-electron chi connectivity index (χ4n) is 2.90. The summed E-state index contributed by atoms with van der Waals surface area (Å²) >= 11 is 0. The van der Waals surface area contributed by atoms with E-state index >= 15 is 0 Å². The van der Waals surface area contributed by atoms with E-state index in [4.69, 9.17) is 9.47 Å². The molecule has 1 N–H and O–H groups in total. The van der Waals surface area contributed by atoms with Gasteiger partial charge in [-0.2, -0.15) is 0 Å². The highest BCUT2D eigenvalue weighted by molar-refractivity contribution is 5.72. The summed E-state index contributed by atoms with van der Waals surface area (Å²) in [6, 6.07) is 13.0.